The van der Waals surface area contributed by atoms with E-state index in [0.717, 1.165) is 24.7 Å². The number of carbonyl (C=O) groups excluding carboxylic acids is 1. The second-order valence-corrected chi connectivity index (χ2v) is 6.44. The molecule has 0 aliphatic heterocycles. The van der Waals surface area contributed by atoms with E-state index in [9.17, 15) is 4.79 Å². The fourth-order valence-corrected chi connectivity index (χ4v) is 3.92. The molecule has 0 spiro atoms. The highest BCUT2D eigenvalue weighted by atomic mass is 35.5. The van der Waals surface area contributed by atoms with Crippen molar-refractivity contribution in [2.45, 2.75) is 51.0 Å². The summed E-state index contributed by atoms with van der Waals surface area (Å²) in [4.78, 5) is 12.3. The van der Waals surface area contributed by atoms with Gasteiger partial charge in [0.05, 0.1) is 12.6 Å². The highest BCUT2D eigenvalue weighted by molar-refractivity contribution is 6.18. The van der Waals surface area contributed by atoms with Gasteiger partial charge in [-0.25, -0.2) is 0 Å². The molecule has 4 heteroatoms. The molecule has 4 unspecified atom stereocenters. The van der Waals surface area contributed by atoms with Gasteiger partial charge in [0.1, 0.15) is 0 Å². The number of hydrogen-bond donors (Lipinski definition) is 1. The van der Waals surface area contributed by atoms with Crippen molar-refractivity contribution in [1.29, 1.82) is 0 Å². The first kappa shape index (κ1) is 15.1. The van der Waals surface area contributed by atoms with Gasteiger partial charge in [0.2, 0.25) is 5.91 Å². The number of alkyl halides is 1. The smallest absolute Gasteiger partial charge is 0.223 e. The Hall–Kier alpha value is -0.280. The molecule has 19 heavy (non-hydrogen) atoms. The lowest BCUT2D eigenvalue weighted by atomic mass is 9.67. The van der Waals surface area contributed by atoms with Crippen LogP contribution in [-0.4, -0.2) is 31.5 Å². The number of rotatable bonds is 5. The zero-order chi connectivity index (χ0) is 13.7. The van der Waals surface area contributed by atoms with Crippen molar-refractivity contribution in [3.8, 4) is 0 Å². The van der Waals surface area contributed by atoms with Crippen molar-refractivity contribution in [1.82, 2.24) is 5.32 Å². The van der Waals surface area contributed by atoms with E-state index in [1.54, 1.807) is 7.11 Å². The molecular formula is C15H26ClNO2. The molecule has 0 heterocycles. The van der Waals surface area contributed by atoms with Gasteiger partial charge < -0.3 is 10.1 Å². The van der Waals surface area contributed by atoms with E-state index in [-0.39, 0.29) is 17.9 Å². The van der Waals surface area contributed by atoms with E-state index in [1.807, 2.05) is 0 Å². The van der Waals surface area contributed by atoms with Gasteiger partial charge in [0.15, 0.2) is 0 Å². The van der Waals surface area contributed by atoms with Crippen LogP contribution in [0, 0.1) is 17.8 Å². The minimum Gasteiger partial charge on any atom is -0.383 e. The number of carbonyl (C=O) groups is 1. The van der Waals surface area contributed by atoms with E-state index >= 15 is 0 Å². The molecule has 2 aliphatic carbocycles. The van der Waals surface area contributed by atoms with Crippen LogP contribution in [0.2, 0.25) is 0 Å². The molecular weight excluding hydrogens is 262 g/mol. The standard InChI is InChI=1S/C15H26ClNO2/c1-19-10-14(9-16)17-15(18)13-7-6-11-4-2-3-5-12(11)8-13/h11-14H,2-10H2,1H3,(H,17,18). The molecule has 2 aliphatic rings. The fourth-order valence-electron chi connectivity index (χ4n) is 3.76. The molecule has 2 rings (SSSR count). The van der Waals surface area contributed by atoms with Crippen LogP contribution in [-0.2, 0) is 9.53 Å². The Morgan fingerprint density at radius 1 is 1.26 bits per heavy atom. The van der Waals surface area contributed by atoms with Gasteiger partial charge in [-0.2, -0.15) is 0 Å². The molecule has 0 bridgehead atoms. The third kappa shape index (κ3) is 4.09. The van der Waals surface area contributed by atoms with Crippen molar-refractivity contribution >= 4 is 17.5 Å². The van der Waals surface area contributed by atoms with E-state index < -0.39 is 0 Å². The second kappa shape index (κ2) is 7.49. The van der Waals surface area contributed by atoms with E-state index in [1.165, 1.54) is 32.1 Å². The van der Waals surface area contributed by atoms with Crippen LogP contribution < -0.4 is 5.32 Å². The normalized spacial score (nSPS) is 32.4. The van der Waals surface area contributed by atoms with Crippen LogP contribution in [0.25, 0.3) is 0 Å². The average molecular weight is 288 g/mol. The van der Waals surface area contributed by atoms with E-state index in [4.69, 9.17) is 16.3 Å². The van der Waals surface area contributed by atoms with E-state index in [2.05, 4.69) is 5.32 Å². The minimum absolute atomic E-state index is 0.0526. The van der Waals surface area contributed by atoms with Crippen molar-refractivity contribution in [2.24, 2.45) is 17.8 Å². The number of halogens is 1. The molecule has 0 aromatic heterocycles. The van der Waals surface area contributed by atoms with Crippen LogP contribution in [0.3, 0.4) is 0 Å². The summed E-state index contributed by atoms with van der Waals surface area (Å²) < 4.78 is 5.07. The first-order valence-corrected chi connectivity index (χ1v) is 8.13. The van der Waals surface area contributed by atoms with Crippen molar-refractivity contribution in [3.63, 3.8) is 0 Å². The molecule has 1 N–H and O–H groups in total. The number of amides is 1. The summed E-state index contributed by atoms with van der Waals surface area (Å²) in [6.45, 7) is 0.494. The van der Waals surface area contributed by atoms with Gasteiger partial charge >= 0.3 is 0 Å². The summed E-state index contributed by atoms with van der Waals surface area (Å²) in [5, 5.41) is 3.04. The zero-order valence-electron chi connectivity index (χ0n) is 11.9. The summed E-state index contributed by atoms with van der Waals surface area (Å²) in [6.07, 6.45) is 8.81. The summed E-state index contributed by atoms with van der Waals surface area (Å²) in [7, 11) is 1.64. The zero-order valence-corrected chi connectivity index (χ0v) is 12.6. The van der Waals surface area contributed by atoms with Crippen molar-refractivity contribution < 1.29 is 9.53 Å². The molecule has 3 nitrogen and oxygen atoms in total. The third-order valence-corrected chi connectivity index (χ3v) is 5.18. The first-order chi connectivity index (χ1) is 9.24. The predicted octanol–water partition coefficient (Wildman–Crippen LogP) is 2.96. The monoisotopic (exact) mass is 287 g/mol. The van der Waals surface area contributed by atoms with Gasteiger partial charge in [0.25, 0.3) is 0 Å². The number of ether oxygens (including phenoxy) is 1. The minimum atomic E-state index is -0.0526. The van der Waals surface area contributed by atoms with Crippen LogP contribution >= 0.6 is 11.6 Å². The Kier molecular flexibility index (Phi) is 5.96. The van der Waals surface area contributed by atoms with Crippen LogP contribution in [0.4, 0.5) is 0 Å². The molecule has 0 radical (unpaired) electrons. The van der Waals surface area contributed by atoms with Crippen molar-refractivity contribution in [2.75, 3.05) is 19.6 Å². The molecule has 0 saturated heterocycles. The molecule has 0 aromatic carbocycles. The maximum absolute atomic E-state index is 12.3. The van der Waals surface area contributed by atoms with Crippen molar-refractivity contribution in [3.05, 3.63) is 0 Å². The van der Waals surface area contributed by atoms with Crippen LogP contribution in [0.5, 0.6) is 0 Å². The Labute approximate surface area is 121 Å². The topological polar surface area (TPSA) is 38.3 Å². The van der Waals surface area contributed by atoms with Gasteiger partial charge in [0, 0.05) is 18.9 Å². The molecule has 110 valence electrons. The number of hydrogen-bond acceptors (Lipinski definition) is 2. The highest BCUT2D eigenvalue weighted by Gasteiger charge is 2.35. The number of methoxy groups -OCH3 is 1. The largest absolute Gasteiger partial charge is 0.383 e. The fraction of sp³-hybridized carbons (Fsp3) is 0.933. The third-order valence-electron chi connectivity index (χ3n) is 4.81. The lowest BCUT2D eigenvalue weighted by Gasteiger charge is -2.39. The lowest BCUT2D eigenvalue weighted by molar-refractivity contribution is -0.128. The quantitative estimate of drug-likeness (QED) is 0.790. The number of fused-ring (bicyclic) bond motifs is 1. The van der Waals surface area contributed by atoms with Crippen LogP contribution in [0.1, 0.15) is 44.9 Å². The second-order valence-electron chi connectivity index (χ2n) is 6.13. The van der Waals surface area contributed by atoms with Crippen LogP contribution in [0.15, 0.2) is 0 Å². The summed E-state index contributed by atoms with van der Waals surface area (Å²) >= 11 is 5.85. The first-order valence-electron chi connectivity index (χ1n) is 7.59. The molecule has 2 fully saturated rings. The SMILES string of the molecule is COCC(CCl)NC(=O)C1CCC2CCCCC2C1. The van der Waals surface area contributed by atoms with Gasteiger partial charge in [-0.3, -0.25) is 4.79 Å². The molecule has 0 aromatic rings. The summed E-state index contributed by atoms with van der Waals surface area (Å²) in [5.41, 5.74) is 0. The van der Waals surface area contributed by atoms with Gasteiger partial charge in [-0.15, -0.1) is 11.6 Å². The molecule has 1 amide bonds. The maximum atomic E-state index is 12.3. The van der Waals surface area contributed by atoms with Gasteiger partial charge in [-0.05, 0) is 31.1 Å². The lowest BCUT2D eigenvalue weighted by Crippen LogP contribution is -2.44. The Bertz CT molecular complexity index is 298. The summed E-state index contributed by atoms with van der Waals surface area (Å²) in [5.74, 6) is 2.47. The molecule has 2 saturated carbocycles. The molecule has 4 atom stereocenters. The number of nitrogens with one attached hydrogen (secondary N) is 1. The Balaban J connectivity index is 1.82. The summed E-state index contributed by atoms with van der Waals surface area (Å²) in [6, 6.07) is -0.0526. The van der Waals surface area contributed by atoms with Gasteiger partial charge in [-0.1, -0.05) is 25.7 Å². The predicted molar refractivity (Wildman–Crippen MR) is 77.3 cm³/mol. The average Bonchev–Trinajstić information content (AvgIpc) is 2.46. The maximum Gasteiger partial charge on any atom is 0.223 e. The Morgan fingerprint density at radius 2 is 2.00 bits per heavy atom. The Morgan fingerprint density at radius 3 is 2.68 bits per heavy atom. The highest BCUT2D eigenvalue weighted by Crippen LogP contribution is 2.42. The van der Waals surface area contributed by atoms with E-state index in [0.29, 0.717) is 12.5 Å².